The Labute approximate surface area is 154 Å². The van der Waals surface area contributed by atoms with Crippen LogP contribution < -0.4 is 0 Å². The number of aryl methyl sites for hydroxylation is 1. The summed E-state index contributed by atoms with van der Waals surface area (Å²) in [4.78, 5) is 26.5. The van der Waals surface area contributed by atoms with Crippen molar-refractivity contribution >= 4 is 11.9 Å². The molecule has 0 spiro atoms. The van der Waals surface area contributed by atoms with Crippen molar-refractivity contribution in [2.24, 2.45) is 11.8 Å². The highest BCUT2D eigenvalue weighted by Crippen LogP contribution is 2.36. The molecule has 5 heteroatoms. The van der Waals surface area contributed by atoms with Crippen molar-refractivity contribution in [3.05, 3.63) is 35.4 Å². The number of carbonyl (C=O) groups excluding carboxylic acids is 1. The second kappa shape index (κ2) is 7.39. The maximum Gasteiger partial charge on any atom is 0.309 e. The average molecular weight is 357 g/mol. The Morgan fingerprint density at radius 2 is 1.85 bits per heavy atom. The number of carboxylic acids is 1. The highest BCUT2D eigenvalue weighted by atomic mass is 16.5. The first kappa shape index (κ1) is 17.5. The van der Waals surface area contributed by atoms with E-state index in [-0.39, 0.29) is 29.8 Å². The summed E-state index contributed by atoms with van der Waals surface area (Å²) in [5.74, 6) is -0.637. The molecular weight excluding hydrogens is 330 g/mol. The molecule has 4 rings (SSSR count). The minimum atomic E-state index is -0.746. The predicted octanol–water partition coefficient (Wildman–Crippen LogP) is 2.83. The lowest BCUT2D eigenvalue weighted by atomic mass is 9.80. The molecule has 140 valence electrons. The molecule has 0 saturated carbocycles. The standard InChI is InChI=1S/C21H27NO4/c23-20(17-7-3-5-14-4-1-2-6-16(14)17)22-11-8-15(9-12-22)19-18(21(24)25)10-13-26-19/h1-2,4,6,15,17-19H,3,5,7-13H2,(H,24,25)/t17?,18?,19-/m0/s1. The number of fused-ring (bicyclic) bond motifs is 1. The molecule has 0 bridgehead atoms. The van der Waals surface area contributed by atoms with Gasteiger partial charge in [-0.1, -0.05) is 24.3 Å². The van der Waals surface area contributed by atoms with Gasteiger partial charge in [0.1, 0.15) is 0 Å². The zero-order chi connectivity index (χ0) is 18.1. The number of carbonyl (C=O) groups is 2. The lowest BCUT2D eigenvalue weighted by molar-refractivity contribution is -0.146. The van der Waals surface area contributed by atoms with E-state index in [0.29, 0.717) is 26.1 Å². The van der Waals surface area contributed by atoms with Gasteiger partial charge in [-0.25, -0.2) is 0 Å². The Balaban J connectivity index is 1.39. The molecule has 26 heavy (non-hydrogen) atoms. The van der Waals surface area contributed by atoms with Crippen LogP contribution in [0.15, 0.2) is 24.3 Å². The molecule has 1 aromatic rings. The average Bonchev–Trinajstić information content (AvgIpc) is 3.17. The van der Waals surface area contributed by atoms with Gasteiger partial charge in [-0.3, -0.25) is 9.59 Å². The Kier molecular flexibility index (Phi) is 4.98. The van der Waals surface area contributed by atoms with Crippen LogP contribution in [0, 0.1) is 11.8 Å². The molecule has 3 aliphatic rings. The Morgan fingerprint density at radius 1 is 1.08 bits per heavy atom. The number of hydrogen-bond acceptors (Lipinski definition) is 3. The predicted molar refractivity (Wildman–Crippen MR) is 96.9 cm³/mol. The van der Waals surface area contributed by atoms with E-state index in [0.717, 1.165) is 32.1 Å². The van der Waals surface area contributed by atoms with Gasteiger partial charge in [-0.2, -0.15) is 0 Å². The van der Waals surface area contributed by atoms with Crippen molar-refractivity contribution < 1.29 is 19.4 Å². The molecule has 2 aliphatic heterocycles. The number of piperidine rings is 1. The minimum Gasteiger partial charge on any atom is -0.481 e. The first-order chi connectivity index (χ1) is 12.6. The second-order valence-corrected chi connectivity index (χ2v) is 7.88. The van der Waals surface area contributed by atoms with Crippen molar-refractivity contribution in [2.75, 3.05) is 19.7 Å². The summed E-state index contributed by atoms with van der Waals surface area (Å²) < 4.78 is 5.74. The van der Waals surface area contributed by atoms with Crippen molar-refractivity contribution in [1.82, 2.24) is 4.90 Å². The van der Waals surface area contributed by atoms with Crippen LogP contribution in [0.5, 0.6) is 0 Å². The van der Waals surface area contributed by atoms with Crippen LogP contribution in [0.1, 0.15) is 49.1 Å². The normalized spacial score (nSPS) is 29.4. The molecule has 0 aromatic heterocycles. The first-order valence-corrected chi connectivity index (χ1v) is 9.86. The second-order valence-electron chi connectivity index (χ2n) is 7.88. The van der Waals surface area contributed by atoms with Crippen LogP contribution in [-0.4, -0.2) is 47.7 Å². The molecule has 5 nitrogen and oxygen atoms in total. The van der Waals surface area contributed by atoms with Crippen LogP contribution in [0.3, 0.4) is 0 Å². The minimum absolute atomic E-state index is 0.00833. The van der Waals surface area contributed by atoms with Crippen LogP contribution >= 0.6 is 0 Å². The van der Waals surface area contributed by atoms with Crippen molar-refractivity contribution in [1.29, 1.82) is 0 Å². The van der Waals surface area contributed by atoms with Crippen molar-refractivity contribution in [3.63, 3.8) is 0 Å². The Hall–Kier alpha value is -1.88. The maximum atomic E-state index is 13.1. The molecule has 2 unspecified atom stereocenters. The topological polar surface area (TPSA) is 66.8 Å². The summed E-state index contributed by atoms with van der Waals surface area (Å²) in [5, 5.41) is 9.37. The molecule has 2 fully saturated rings. The largest absolute Gasteiger partial charge is 0.481 e. The number of aliphatic carboxylic acids is 1. The number of ether oxygens (including phenoxy) is 1. The molecule has 1 N–H and O–H groups in total. The highest BCUT2D eigenvalue weighted by Gasteiger charge is 2.41. The zero-order valence-electron chi connectivity index (χ0n) is 15.1. The van der Waals surface area contributed by atoms with Crippen LogP contribution in [-0.2, 0) is 20.7 Å². The van der Waals surface area contributed by atoms with Gasteiger partial charge in [-0.15, -0.1) is 0 Å². The first-order valence-electron chi connectivity index (χ1n) is 9.86. The fourth-order valence-corrected chi connectivity index (χ4v) is 5.02. The van der Waals surface area contributed by atoms with Crippen LogP contribution in [0.2, 0.25) is 0 Å². The van der Waals surface area contributed by atoms with E-state index in [1.54, 1.807) is 0 Å². The molecule has 3 atom stereocenters. The summed E-state index contributed by atoms with van der Waals surface area (Å²) in [7, 11) is 0. The third kappa shape index (κ3) is 3.25. The van der Waals surface area contributed by atoms with Gasteiger partial charge in [0.05, 0.1) is 17.9 Å². The van der Waals surface area contributed by atoms with Gasteiger partial charge in [0.25, 0.3) is 0 Å². The number of hydrogen-bond donors (Lipinski definition) is 1. The number of nitrogens with zero attached hydrogens (tertiary/aromatic N) is 1. The summed E-state index contributed by atoms with van der Waals surface area (Å²) in [6.07, 6.45) is 5.18. The lowest BCUT2D eigenvalue weighted by Crippen LogP contribution is -2.45. The van der Waals surface area contributed by atoms with E-state index in [4.69, 9.17) is 4.74 Å². The van der Waals surface area contributed by atoms with Gasteiger partial charge in [0.2, 0.25) is 5.91 Å². The highest BCUT2D eigenvalue weighted by molar-refractivity contribution is 5.84. The monoisotopic (exact) mass is 357 g/mol. The molecule has 0 radical (unpaired) electrons. The molecular formula is C21H27NO4. The van der Waals surface area contributed by atoms with E-state index >= 15 is 0 Å². The van der Waals surface area contributed by atoms with Crippen molar-refractivity contribution in [3.8, 4) is 0 Å². The summed E-state index contributed by atoms with van der Waals surface area (Å²) in [6.45, 7) is 1.97. The number of amides is 1. The van der Waals surface area contributed by atoms with Crippen LogP contribution in [0.4, 0.5) is 0 Å². The summed E-state index contributed by atoms with van der Waals surface area (Å²) in [5.41, 5.74) is 2.52. The summed E-state index contributed by atoms with van der Waals surface area (Å²) >= 11 is 0. The van der Waals surface area contributed by atoms with Gasteiger partial charge in [0.15, 0.2) is 0 Å². The fraction of sp³-hybridized carbons (Fsp3) is 0.619. The molecule has 1 amide bonds. The molecule has 1 aliphatic carbocycles. The van der Waals surface area contributed by atoms with Crippen molar-refractivity contribution in [2.45, 2.75) is 50.5 Å². The quantitative estimate of drug-likeness (QED) is 0.903. The Bertz CT molecular complexity index is 680. The zero-order valence-corrected chi connectivity index (χ0v) is 15.1. The Morgan fingerprint density at radius 3 is 2.62 bits per heavy atom. The summed E-state index contributed by atoms with van der Waals surface area (Å²) in [6, 6.07) is 8.33. The number of carboxylic acid groups (broad SMARTS) is 1. The number of likely N-dealkylation sites (tertiary alicyclic amines) is 1. The third-order valence-corrected chi connectivity index (χ3v) is 6.44. The van der Waals surface area contributed by atoms with Gasteiger partial charge in [-0.05, 0) is 55.6 Å². The molecule has 1 aromatic carbocycles. The number of benzene rings is 1. The van der Waals surface area contributed by atoms with E-state index in [1.165, 1.54) is 11.1 Å². The lowest BCUT2D eigenvalue weighted by Gasteiger charge is -2.38. The molecule has 2 heterocycles. The van der Waals surface area contributed by atoms with Gasteiger partial charge >= 0.3 is 5.97 Å². The van der Waals surface area contributed by atoms with E-state index < -0.39 is 5.97 Å². The smallest absolute Gasteiger partial charge is 0.309 e. The SMILES string of the molecule is O=C(O)C1CCO[C@H]1C1CCN(C(=O)C2CCCc3ccccc32)CC1. The van der Waals surface area contributed by atoms with Gasteiger partial charge in [0, 0.05) is 19.7 Å². The molecule has 2 saturated heterocycles. The van der Waals surface area contributed by atoms with Crippen LogP contribution in [0.25, 0.3) is 0 Å². The van der Waals surface area contributed by atoms with E-state index in [1.807, 2.05) is 11.0 Å². The fourth-order valence-electron chi connectivity index (χ4n) is 5.02. The third-order valence-electron chi connectivity index (χ3n) is 6.44. The maximum absolute atomic E-state index is 13.1. The van der Waals surface area contributed by atoms with E-state index in [2.05, 4.69) is 18.2 Å². The van der Waals surface area contributed by atoms with E-state index in [9.17, 15) is 14.7 Å². The van der Waals surface area contributed by atoms with Gasteiger partial charge < -0.3 is 14.7 Å². The number of rotatable bonds is 3.